The predicted octanol–water partition coefficient (Wildman–Crippen LogP) is 2.42. The summed E-state index contributed by atoms with van der Waals surface area (Å²) in [5, 5.41) is 7.39. The number of rotatable bonds is 6. The van der Waals surface area contributed by atoms with Crippen LogP contribution in [0.15, 0.2) is 24.3 Å². The molecule has 0 amide bonds. The molecule has 0 aliphatic rings. The lowest BCUT2D eigenvalue weighted by Gasteiger charge is -2.11. The van der Waals surface area contributed by atoms with E-state index in [1.54, 1.807) is 6.07 Å². The highest BCUT2D eigenvalue weighted by molar-refractivity contribution is 5.34. The van der Waals surface area contributed by atoms with Crippen molar-refractivity contribution in [1.29, 1.82) is 0 Å². The van der Waals surface area contributed by atoms with Crippen LogP contribution in [0.25, 0.3) is 0 Å². The smallest absolute Gasteiger partial charge is 0.130 e. The highest BCUT2D eigenvalue weighted by Crippen LogP contribution is 2.21. The third kappa shape index (κ3) is 3.36. The van der Waals surface area contributed by atoms with Gasteiger partial charge in [0.05, 0.1) is 11.4 Å². The van der Waals surface area contributed by atoms with Gasteiger partial charge in [-0.1, -0.05) is 6.92 Å². The number of benzene rings is 1. The summed E-state index contributed by atoms with van der Waals surface area (Å²) in [5.41, 5.74) is 2.85. The van der Waals surface area contributed by atoms with E-state index in [1.807, 2.05) is 24.8 Å². The Bertz CT molecular complexity index is 580. The largest absolute Gasteiger partial charge is 0.487 e. The number of ether oxygens (including phenoxy) is 1. The van der Waals surface area contributed by atoms with Crippen molar-refractivity contribution >= 4 is 0 Å². The molecule has 0 radical (unpaired) electrons. The number of nitrogens with one attached hydrogen (secondary N) is 1. The number of nitrogens with zero attached hydrogens (tertiary/aromatic N) is 2. The first-order valence-corrected chi connectivity index (χ1v) is 6.71. The van der Waals surface area contributed by atoms with Gasteiger partial charge < -0.3 is 10.1 Å². The van der Waals surface area contributed by atoms with Crippen molar-refractivity contribution in [2.24, 2.45) is 7.05 Å². The fourth-order valence-electron chi connectivity index (χ4n) is 2.05. The minimum Gasteiger partial charge on any atom is -0.487 e. The van der Waals surface area contributed by atoms with Crippen LogP contribution in [0.3, 0.4) is 0 Å². The van der Waals surface area contributed by atoms with E-state index in [4.69, 9.17) is 4.74 Å². The van der Waals surface area contributed by atoms with Crippen molar-refractivity contribution in [2.45, 2.75) is 26.5 Å². The van der Waals surface area contributed by atoms with Crippen molar-refractivity contribution in [2.75, 3.05) is 7.05 Å². The van der Waals surface area contributed by atoms with Crippen LogP contribution < -0.4 is 10.1 Å². The minimum atomic E-state index is -0.253. The normalized spacial score (nSPS) is 10.8. The van der Waals surface area contributed by atoms with Gasteiger partial charge >= 0.3 is 0 Å². The van der Waals surface area contributed by atoms with Crippen molar-refractivity contribution in [3.63, 3.8) is 0 Å². The zero-order valence-electron chi connectivity index (χ0n) is 12.1. The summed E-state index contributed by atoms with van der Waals surface area (Å²) in [4.78, 5) is 0. The van der Waals surface area contributed by atoms with Crippen LogP contribution >= 0.6 is 0 Å². The van der Waals surface area contributed by atoms with Gasteiger partial charge in [-0.25, -0.2) is 4.39 Å². The molecule has 0 saturated heterocycles. The molecule has 2 rings (SSSR count). The van der Waals surface area contributed by atoms with Crippen LogP contribution in [0.1, 0.15) is 23.9 Å². The minimum absolute atomic E-state index is 0.253. The molecule has 1 heterocycles. The van der Waals surface area contributed by atoms with Gasteiger partial charge in [-0.05, 0) is 37.7 Å². The summed E-state index contributed by atoms with van der Waals surface area (Å²) in [6.45, 7) is 3.06. The summed E-state index contributed by atoms with van der Waals surface area (Å²) in [5.74, 6) is 0.441. The monoisotopic (exact) mass is 277 g/mol. The summed E-state index contributed by atoms with van der Waals surface area (Å²) in [7, 11) is 3.72. The van der Waals surface area contributed by atoms with Crippen LogP contribution in [0.2, 0.25) is 0 Å². The Hall–Kier alpha value is -1.88. The van der Waals surface area contributed by atoms with Crippen LogP contribution in [-0.4, -0.2) is 16.8 Å². The first-order valence-electron chi connectivity index (χ1n) is 6.71. The van der Waals surface area contributed by atoms with E-state index < -0.39 is 0 Å². The Morgan fingerprint density at radius 1 is 1.35 bits per heavy atom. The predicted molar refractivity (Wildman–Crippen MR) is 76.1 cm³/mol. The molecule has 0 bridgehead atoms. The van der Waals surface area contributed by atoms with Crippen molar-refractivity contribution in [3.05, 3.63) is 47.0 Å². The van der Waals surface area contributed by atoms with Gasteiger partial charge in [0.15, 0.2) is 0 Å². The number of aryl methyl sites for hydroxylation is 2. The van der Waals surface area contributed by atoms with Gasteiger partial charge in [0, 0.05) is 19.2 Å². The molecular formula is C15H20FN3O. The summed E-state index contributed by atoms with van der Waals surface area (Å²) in [6.07, 6.45) is 0.898. The maximum atomic E-state index is 13.2. The third-order valence-electron chi connectivity index (χ3n) is 3.15. The Morgan fingerprint density at radius 3 is 2.80 bits per heavy atom. The Kier molecular flexibility index (Phi) is 4.74. The van der Waals surface area contributed by atoms with E-state index in [9.17, 15) is 4.39 Å². The van der Waals surface area contributed by atoms with E-state index >= 15 is 0 Å². The van der Waals surface area contributed by atoms with Gasteiger partial charge in [-0.2, -0.15) is 5.10 Å². The highest BCUT2D eigenvalue weighted by Gasteiger charge is 2.08. The quantitative estimate of drug-likeness (QED) is 0.881. The van der Waals surface area contributed by atoms with Crippen molar-refractivity contribution in [1.82, 2.24) is 15.1 Å². The Labute approximate surface area is 118 Å². The van der Waals surface area contributed by atoms with Crippen LogP contribution in [0, 0.1) is 5.82 Å². The van der Waals surface area contributed by atoms with Crippen molar-refractivity contribution < 1.29 is 9.13 Å². The Balaban J connectivity index is 2.11. The third-order valence-corrected chi connectivity index (χ3v) is 3.15. The maximum Gasteiger partial charge on any atom is 0.130 e. The summed E-state index contributed by atoms with van der Waals surface area (Å²) < 4.78 is 20.9. The van der Waals surface area contributed by atoms with E-state index in [0.29, 0.717) is 18.9 Å². The van der Waals surface area contributed by atoms with E-state index in [0.717, 1.165) is 23.4 Å². The molecule has 0 saturated carbocycles. The van der Waals surface area contributed by atoms with Gasteiger partial charge in [-0.15, -0.1) is 0 Å². The summed E-state index contributed by atoms with van der Waals surface area (Å²) in [6, 6.07) is 6.60. The lowest BCUT2D eigenvalue weighted by Crippen LogP contribution is -2.09. The highest BCUT2D eigenvalue weighted by atomic mass is 19.1. The average molecular weight is 277 g/mol. The van der Waals surface area contributed by atoms with Crippen LogP contribution in [0.4, 0.5) is 4.39 Å². The number of hydrogen-bond donors (Lipinski definition) is 1. The molecule has 108 valence electrons. The molecular weight excluding hydrogens is 257 g/mol. The van der Waals surface area contributed by atoms with Gasteiger partial charge in [0.2, 0.25) is 0 Å². The fraction of sp³-hybridized carbons (Fsp3) is 0.400. The summed E-state index contributed by atoms with van der Waals surface area (Å²) >= 11 is 0. The van der Waals surface area contributed by atoms with Gasteiger partial charge in [0.25, 0.3) is 0 Å². The van der Waals surface area contributed by atoms with E-state index in [2.05, 4.69) is 17.3 Å². The fourth-order valence-corrected chi connectivity index (χ4v) is 2.05. The lowest BCUT2D eigenvalue weighted by molar-refractivity contribution is 0.291. The standard InChI is InChI=1S/C15H20FN3O/c1-4-13-8-14(19(3)18-13)10-20-15-6-5-12(16)7-11(15)9-17-2/h5-8,17H,4,9-10H2,1-3H3. The number of hydrogen-bond acceptors (Lipinski definition) is 3. The van der Waals surface area contributed by atoms with Crippen molar-refractivity contribution in [3.8, 4) is 5.75 Å². The lowest BCUT2D eigenvalue weighted by atomic mass is 10.2. The SMILES string of the molecule is CCc1cc(COc2ccc(F)cc2CNC)n(C)n1. The molecule has 0 aliphatic heterocycles. The van der Waals surface area contributed by atoms with E-state index in [1.165, 1.54) is 12.1 Å². The molecule has 5 heteroatoms. The molecule has 4 nitrogen and oxygen atoms in total. The molecule has 2 aromatic rings. The Morgan fingerprint density at radius 2 is 2.15 bits per heavy atom. The van der Waals surface area contributed by atoms with Gasteiger partial charge in [-0.3, -0.25) is 4.68 Å². The second-order valence-electron chi connectivity index (χ2n) is 4.68. The van der Waals surface area contributed by atoms with Crippen LogP contribution in [-0.2, 0) is 26.6 Å². The molecule has 1 aromatic carbocycles. The first kappa shape index (κ1) is 14.5. The van der Waals surface area contributed by atoms with Crippen LogP contribution in [0.5, 0.6) is 5.75 Å². The molecule has 1 N–H and O–H groups in total. The maximum absolute atomic E-state index is 13.2. The topological polar surface area (TPSA) is 39.1 Å². The van der Waals surface area contributed by atoms with Gasteiger partial charge in [0.1, 0.15) is 18.2 Å². The molecule has 1 aromatic heterocycles. The first-order chi connectivity index (χ1) is 9.63. The second-order valence-corrected chi connectivity index (χ2v) is 4.68. The zero-order chi connectivity index (χ0) is 14.5. The molecule has 0 spiro atoms. The molecule has 0 atom stereocenters. The second kappa shape index (κ2) is 6.52. The molecule has 20 heavy (non-hydrogen) atoms. The average Bonchev–Trinajstić information content (AvgIpc) is 2.79. The number of aromatic nitrogens is 2. The molecule has 0 unspecified atom stereocenters. The number of halogens is 1. The zero-order valence-corrected chi connectivity index (χ0v) is 12.1. The molecule has 0 fully saturated rings. The molecule has 0 aliphatic carbocycles. The van der Waals surface area contributed by atoms with E-state index in [-0.39, 0.29) is 5.82 Å².